The number of rotatable bonds is 5. The molecule has 0 fully saturated rings. The topological polar surface area (TPSA) is 88.2 Å². The molecular weight excluding hydrogens is 270 g/mol. The molecule has 0 atom stereocenters. The van der Waals surface area contributed by atoms with E-state index in [2.05, 4.69) is 15.3 Å². The van der Waals surface area contributed by atoms with Gasteiger partial charge < -0.3 is 14.8 Å². The molecule has 1 aliphatic rings. The smallest absolute Gasteiger partial charge is 0.339 e. The van der Waals surface area contributed by atoms with Crippen molar-refractivity contribution in [1.82, 2.24) is 9.97 Å². The van der Waals surface area contributed by atoms with E-state index in [-0.39, 0.29) is 5.56 Å². The largest absolute Gasteiger partial charge is 0.478 e. The van der Waals surface area contributed by atoms with Gasteiger partial charge in [0.15, 0.2) is 0 Å². The standard InChI is InChI=1S/C15H17N3O3/c1-2-10-7-16-13(21-10)8-17-14-11(15(19)20)6-9-4-3-5-12(9)18-14/h6-7H,2-5,8H2,1H3,(H,17,18)(H,19,20). The van der Waals surface area contributed by atoms with Gasteiger partial charge in [-0.05, 0) is 30.9 Å². The minimum atomic E-state index is -0.971. The number of carboxylic acid groups (broad SMARTS) is 1. The number of hydrogen-bond acceptors (Lipinski definition) is 5. The molecule has 3 rings (SSSR count). The zero-order valence-electron chi connectivity index (χ0n) is 11.8. The Hall–Kier alpha value is -2.37. The SMILES string of the molecule is CCc1cnc(CNc2nc3c(cc2C(=O)O)CCC3)o1. The summed E-state index contributed by atoms with van der Waals surface area (Å²) in [6.45, 7) is 2.31. The van der Waals surface area contributed by atoms with Crippen LogP contribution in [0.2, 0.25) is 0 Å². The molecule has 0 saturated heterocycles. The number of oxazole rings is 1. The molecule has 0 bridgehead atoms. The number of aryl methyl sites for hydroxylation is 3. The van der Waals surface area contributed by atoms with Crippen molar-refractivity contribution in [1.29, 1.82) is 0 Å². The normalized spacial score (nSPS) is 13.2. The first-order valence-corrected chi connectivity index (χ1v) is 7.11. The molecule has 21 heavy (non-hydrogen) atoms. The van der Waals surface area contributed by atoms with Crippen molar-refractivity contribution in [3.63, 3.8) is 0 Å². The minimum Gasteiger partial charge on any atom is -0.478 e. The molecule has 0 aliphatic heterocycles. The Morgan fingerprint density at radius 2 is 2.33 bits per heavy atom. The van der Waals surface area contributed by atoms with Crippen LogP contribution >= 0.6 is 0 Å². The van der Waals surface area contributed by atoms with Crippen molar-refractivity contribution in [2.45, 2.75) is 39.2 Å². The predicted molar refractivity (Wildman–Crippen MR) is 76.4 cm³/mol. The summed E-state index contributed by atoms with van der Waals surface area (Å²) in [6, 6.07) is 1.73. The van der Waals surface area contributed by atoms with E-state index in [1.165, 1.54) is 0 Å². The lowest BCUT2D eigenvalue weighted by Gasteiger charge is -2.09. The molecule has 110 valence electrons. The summed E-state index contributed by atoms with van der Waals surface area (Å²) in [5.41, 5.74) is 2.24. The lowest BCUT2D eigenvalue weighted by Crippen LogP contribution is -2.10. The minimum absolute atomic E-state index is 0.206. The average molecular weight is 287 g/mol. The summed E-state index contributed by atoms with van der Waals surface area (Å²) >= 11 is 0. The molecular formula is C15H17N3O3. The molecule has 2 N–H and O–H groups in total. The zero-order valence-corrected chi connectivity index (χ0v) is 11.8. The van der Waals surface area contributed by atoms with Gasteiger partial charge in [-0.15, -0.1) is 0 Å². The first-order valence-electron chi connectivity index (χ1n) is 7.11. The maximum absolute atomic E-state index is 11.4. The molecule has 0 unspecified atom stereocenters. The van der Waals surface area contributed by atoms with Crippen molar-refractivity contribution in [2.24, 2.45) is 0 Å². The first kappa shape index (κ1) is 13.6. The Kier molecular flexibility index (Phi) is 3.60. The number of aromatic nitrogens is 2. The van der Waals surface area contributed by atoms with Crippen LogP contribution in [0, 0.1) is 0 Å². The zero-order chi connectivity index (χ0) is 14.8. The van der Waals surface area contributed by atoms with Gasteiger partial charge in [-0.3, -0.25) is 0 Å². The van der Waals surface area contributed by atoms with E-state index in [0.29, 0.717) is 18.3 Å². The number of carbonyl (C=O) groups is 1. The average Bonchev–Trinajstić information content (AvgIpc) is 3.12. The van der Waals surface area contributed by atoms with Crippen LogP contribution < -0.4 is 5.32 Å². The van der Waals surface area contributed by atoms with Gasteiger partial charge in [-0.2, -0.15) is 0 Å². The molecule has 6 heteroatoms. The van der Waals surface area contributed by atoms with Crippen LogP contribution in [0.25, 0.3) is 0 Å². The van der Waals surface area contributed by atoms with Gasteiger partial charge in [0, 0.05) is 12.1 Å². The van der Waals surface area contributed by atoms with Crippen molar-refractivity contribution in [3.05, 3.63) is 40.7 Å². The van der Waals surface area contributed by atoms with E-state index in [0.717, 1.165) is 42.7 Å². The highest BCUT2D eigenvalue weighted by molar-refractivity contribution is 5.93. The van der Waals surface area contributed by atoms with Crippen molar-refractivity contribution in [2.75, 3.05) is 5.32 Å². The molecule has 2 aromatic heterocycles. The van der Waals surface area contributed by atoms with Gasteiger partial charge in [0.2, 0.25) is 5.89 Å². The summed E-state index contributed by atoms with van der Waals surface area (Å²) in [7, 11) is 0. The molecule has 0 aromatic carbocycles. The maximum atomic E-state index is 11.4. The van der Waals surface area contributed by atoms with E-state index in [9.17, 15) is 9.90 Å². The Balaban J connectivity index is 1.82. The van der Waals surface area contributed by atoms with Crippen LogP contribution in [0.15, 0.2) is 16.7 Å². The quantitative estimate of drug-likeness (QED) is 0.878. The number of anilines is 1. The van der Waals surface area contributed by atoms with E-state index in [1.54, 1.807) is 12.3 Å². The second-order valence-electron chi connectivity index (χ2n) is 5.08. The van der Waals surface area contributed by atoms with Gasteiger partial charge in [0.25, 0.3) is 0 Å². The lowest BCUT2D eigenvalue weighted by molar-refractivity contribution is 0.0697. The first-order chi connectivity index (χ1) is 10.2. The van der Waals surface area contributed by atoms with Gasteiger partial charge >= 0.3 is 5.97 Å². The molecule has 2 heterocycles. The molecule has 2 aromatic rings. The highest BCUT2D eigenvalue weighted by Crippen LogP contribution is 2.25. The fourth-order valence-corrected chi connectivity index (χ4v) is 2.52. The second-order valence-corrected chi connectivity index (χ2v) is 5.08. The molecule has 1 aliphatic carbocycles. The Labute approximate surface area is 122 Å². The number of aromatic carboxylic acids is 1. The van der Waals surface area contributed by atoms with Crippen LogP contribution in [0.3, 0.4) is 0 Å². The van der Waals surface area contributed by atoms with Gasteiger partial charge in [-0.1, -0.05) is 6.92 Å². The monoisotopic (exact) mass is 287 g/mol. The van der Waals surface area contributed by atoms with Gasteiger partial charge in [0.05, 0.1) is 12.7 Å². The second kappa shape index (κ2) is 5.55. The fraction of sp³-hybridized carbons (Fsp3) is 0.400. The number of hydrogen-bond donors (Lipinski definition) is 2. The Morgan fingerprint density at radius 1 is 1.48 bits per heavy atom. The summed E-state index contributed by atoms with van der Waals surface area (Å²) < 4.78 is 5.50. The third-order valence-corrected chi connectivity index (χ3v) is 3.64. The predicted octanol–water partition coefficient (Wildman–Crippen LogP) is 2.43. The number of nitrogens with one attached hydrogen (secondary N) is 1. The van der Waals surface area contributed by atoms with E-state index < -0.39 is 5.97 Å². The molecule has 0 radical (unpaired) electrons. The van der Waals surface area contributed by atoms with Crippen LogP contribution in [0.4, 0.5) is 5.82 Å². The summed E-state index contributed by atoms with van der Waals surface area (Å²) in [5.74, 6) is 0.762. The Bertz CT molecular complexity index is 679. The molecule has 0 amide bonds. The summed E-state index contributed by atoms with van der Waals surface area (Å²) in [4.78, 5) is 20.0. The van der Waals surface area contributed by atoms with Gasteiger partial charge in [-0.25, -0.2) is 14.8 Å². The third-order valence-electron chi connectivity index (χ3n) is 3.64. The lowest BCUT2D eigenvalue weighted by atomic mass is 10.1. The number of nitrogens with zero attached hydrogens (tertiary/aromatic N) is 2. The van der Waals surface area contributed by atoms with Crippen LogP contribution in [0.5, 0.6) is 0 Å². The molecule has 0 spiro atoms. The highest BCUT2D eigenvalue weighted by Gasteiger charge is 2.20. The van der Waals surface area contributed by atoms with Crippen LogP contribution in [-0.2, 0) is 25.8 Å². The van der Waals surface area contributed by atoms with Crippen molar-refractivity contribution in [3.8, 4) is 0 Å². The number of pyridine rings is 1. The third kappa shape index (κ3) is 2.74. The van der Waals surface area contributed by atoms with Gasteiger partial charge in [0.1, 0.15) is 17.1 Å². The Morgan fingerprint density at radius 3 is 3.05 bits per heavy atom. The van der Waals surface area contributed by atoms with E-state index in [4.69, 9.17) is 4.42 Å². The highest BCUT2D eigenvalue weighted by atomic mass is 16.4. The fourth-order valence-electron chi connectivity index (χ4n) is 2.52. The van der Waals surface area contributed by atoms with Crippen LogP contribution in [0.1, 0.15) is 46.6 Å². The van der Waals surface area contributed by atoms with E-state index in [1.807, 2.05) is 6.92 Å². The summed E-state index contributed by atoms with van der Waals surface area (Å²) in [5, 5.41) is 12.3. The molecule has 0 saturated carbocycles. The van der Waals surface area contributed by atoms with Crippen molar-refractivity contribution < 1.29 is 14.3 Å². The van der Waals surface area contributed by atoms with Crippen LogP contribution in [-0.4, -0.2) is 21.0 Å². The number of fused-ring (bicyclic) bond motifs is 1. The number of carboxylic acids is 1. The summed E-state index contributed by atoms with van der Waals surface area (Å²) in [6.07, 6.45) is 5.31. The molecule has 6 nitrogen and oxygen atoms in total. The van der Waals surface area contributed by atoms with Crippen molar-refractivity contribution >= 4 is 11.8 Å². The van der Waals surface area contributed by atoms with E-state index >= 15 is 0 Å². The maximum Gasteiger partial charge on any atom is 0.339 e.